The number of aromatic nitrogens is 1. The van der Waals surface area contributed by atoms with Crippen molar-refractivity contribution in [2.45, 2.75) is 33.4 Å². The third-order valence-electron chi connectivity index (χ3n) is 4.53. The number of carbonyl (C=O) groups is 2. The fraction of sp³-hybridized carbons (Fsp3) is 0.238. The molecule has 0 saturated heterocycles. The van der Waals surface area contributed by atoms with Crippen molar-refractivity contribution in [3.8, 4) is 0 Å². The van der Waals surface area contributed by atoms with Crippen molar-refractivity contribution in [1.82, 2.24) is 4.57 Å². The van der Waals surface area contributed by atoms with E-state index >= 15 is 0 Å². The number of carbonyl (C=O) groups excluding carboxylic acids is 2. The summed E-state index contributed by atoms with van der Waals surface area (Å²) in [7, 11) is 0. The molecule has 0 radical (unpaired) electrons. The first-order valence-corrected chi connectivity index (χ1v) is 9.80. The SMILES string of the molecule is Cc1cc(C(=O)O[C@H](C)C(=O)Nc2ccc(F)cc2F)c(C)n1Cc1cccs1. The van der Waals surface area contributed by atoms with E-state index in [1.165, 1.54) is 6.92 Å². The molecule has 3 rings (SSSR count). The first-order chi connectivity index (χ1) is 13.8. The van der Waals surface area contributed by atoms with Gasteiger partial charge >= 0.3 is 5.97 Å². The summed E-state index contributed by atoms with van der Waals surface area (Å²) in [6, 6.07) is 8.49. The van der Waals surface area contributed by atoms with E-state index in [-0.39, 0.29) is 5.69 Å². The average Bonchev–Trinajstić information content (AvgIpc) is 3.27. The van der Waals surface area contributed by atoms with E-state index in [0.29, 0.717) is 18.2 Å². The van der Waals surface area contributed by atoms with Gasteiger partial charge in [0, 0.05) is 22.3 Å². The summed E-state index contributed by atoms with van der Waals surface area (Å²) in [4.78, 5) is 26.0. The molecule has 152 valence electrons. The van der Waals surface area contributed by atoms with Crippen molar-refractivity contribution in [3.05, 3.63) is 75.2 Å². The molecular weight excluding hydrogens is 398 g/mol. The van der Waals surface area contributed by atoms with E-state index in [1.807, 2.05) is 35.9 Å². The van der Waals surface area contributed by atoms with Crippen LogP contribution in [-0.2, 0) is 16.1 Å². The highest BCUT2D eigenvalue weighted by atomic mass is 32.1. The second-order valence-electron chi connectivity index (χ2n) is 6.61. The van der Waals surface area contributed by atoms with Crippen molar-refractivity contribution in [2.75, 3.05) is 5.32 Å². The summed E-state index contributed by atoms with van der Waals surface area (Å²) < 4.78 is 33.9. The molecule has 1 N–H and O–H groups in total. The summed E-state index contributed by atoms with van der Waals surface area (Å²) in [5, 5.41) is 4.28. The van der Waals surface area contributed by atoms with Crippen molar-refractivity contribution < 1.29 is 23.1 Å². The number of ether oxygens (including phenoxy) is 1. The first-order valence-electron chi connectivity index (χ1n) is 8.92. The summed E-state index contributed by atoms with van der Waals surface area (Å²) in [6.45, 7) is 5.74. The van der Waals surface area contributed by atoms with Crippen molar-refractivity contribution in [1.29, 1.82) is 0 Å². The molecule has 0 aliphatic rings. The summed E-state index contributed by atoms with van der Waals surface area (Å²) in [5.74, 6) is -3.01. The van der Waals surface area contributed by atoms with Crippen LogP contribution >= 0.6 is 11.3 Å². The van der Waals surface area contributed by atoms with Crippen molar-refractivity contribution in [2.24, 2.45) is 0 Å². The van der Waals surface area contributed by atoms with Crippen LogP contribution in [0.3, 0.4) is 0 Å². The van der Waals surface area contributed by atoms with E-state index in [4.69, 9.17) is 4.74 Å². The van der Waals surface area contributed by atoms with Crippen LogP contribution in [0.2, 0.25) is 0 Å². The minimum Gasteiger partial charge on any atom is -0.449 e. The molecule has 2 heterocycles. The Bertz CT molecular complexity index is 1040. The number of esters is 1. The van der Waals surface area contributed by atoms with Gasteiger partial charge in [-0.05, 0) is 50.4 Å². The van der Waals surface area contributed by atoms with Crippen LogP contribution in [0.5, 0.6) is 0 Å². The lowest BCUT2D eigenvalue weighted by Gasteiger charge is -2.14. The molecule has 0 saturated carbocycles. The molecule has 5 nitrogen and oxygen atoms in total. The van der Waals surface area contributed by atoms with Gasteiger partial charge in [-0.2, -0.15) is 0 Å². The molecule has 8 heteroatoms. The minimum absolute atomic E-state index is 0.187. The number of hydrogen-bond donors (Lipinski definition) is 1. The number of hydrogen-bond acceptors (Lipinski definition) is 4. The molecule has 2 aromatic heterocycles. The molecular formula is C21H20F2N2O3S. The lowest BCUT2D eigenvalue weighted by atomic mass is 10.2. The third-order valence-corrected chi connectivity index (χ3v) is 5.39. The normalized spacial score (nSPS) is 11.9. The molecule has 0 fully saturated rings. The van der Waals surface area contributed by atoms with Gasteiger partial charge in [0.05, 0.1) is 17.8 Å². The quantitative estimate of drug-likeness (QED) is 0.592. The van der Waals surface area contributed by atoms with E-state index in [1.54, 1.807) is 17.4 Å². The zero-order valence-electron chi connectivity index (χ0n) is 16.2. The molecule has 0 unspecified atom stereocenters. The van der Waals surface area contributed by atoms with Gasteiger partial charge in [0.2, 0.25) is 0 Å². The fourth-order valence-corrected chi connectivity index (χ4v) is 3.60. The Balaban J connectivity index is 1.68. The Morgan fingerprint density at radius 3 is 2.62 bits per heavy atom. The topological polar surface area (TPSA) is 60.3 Å². The molecule has 1 amide bonds. The number of amides is 1. The van der Waals surface area contributed by atoms with Crippen LogP contribution in [0.1, 0.15) is 33.5 Å². The molecule has 3 aromatic rings. The Morgan fingerprint density at radius 1 is 1.21 bits per heavy atom. The van der Waals surface area contributed by atoms with Gasteiger partial charge in [-0.25, -0.2) is 13.6 Å². The molecule has 1 aromatic carbocycles. The van der Waals surface area contributed by atoms with E-state index in [2.05, 4.69) is 5.32 Å². The Morgan fingerprint density at radius 2 is 1.97 bits per heavy atom. The predicted octanol–water partition coefficient (Wildman–Crippen LogP) is 4.68. The number of rotatable bonds is 6. The molecule has 0 bridgehead atoms. The molecule has 0 spiro atoms. The van der Waals surface area contributed by atoms with Crippen molar-refractivity contribution in [3.63, 3.8) is 0 Å². The first kappa shape index (κ1) is 20.7. The number of benzene rings is 1. The standard InChI is InChI=1S/C21H20F2N2O3S/c1-12-9-17(13(2)25(12)11-16-5-4-8-29-16)21(27)28-14(3)20(26)24-19-7-6-15(22)10-18(19)23/h4-10,14H,11H2,1-3H3,(H,24,26)/t14-/m1/s1. The molecule has 1 atom stereocenters. The van der Waals surface area contributed by atoms with E-state index in [9.17, 15) is 18.4 Å². The van der Waals surface area contributed by atoms with Gasteiger partial charge in [0.1, 0.15) is 11.6 Å². The smallest absolute Gasteiger partial charge is 0.340 e. The highest BCUT2D eigenvalue weighted by Gasteiger charge is 2.23. The van der Waals surface area contributed by atoms with Crippen LogP contribution in [0.25, 0.3) is 0 Å². The zero-order valence-corrected chi connectivity index (χ0v) is 17.0. The molecule has 0 aliphatic heterocycles. The van der Waals surface area contributed by atoms with E-state index < -0.39 is 29.6 Å². The second kappa shape index (κ2) is 8.57. The number of aryl methyl sites for hydroxylation is 1. The van der Waals surface area contributed by atoms with Gasteiger partial charge < -0.3 is 14.6 Å². The minimum atomic E-state index is -1.16. The zero-order chi connectivity index (χ0) is 21.1. The maximum absolute atomic E-state index is 13.7. The lowest BCUT2D eigenvalue weighted by molar-refractivity contribution is -0.123. The van der Waals surface area contributed by atoms with Gasteiger partial charge in [-0.1, -0.05) is 6.07 Å². The molecule has 29 heavy (non-hydrogen) atoms. The predicted molar refractivity (Wildman–Crippen MR) is 107 cm³/mol. The third kappa shape index (κ3) is 4.71. The molecule has 0 aliphatic carbocycles. The second-order valence-corrected chi connectivity index (χ2v) is 7.64. The van der Waals surface area contributed by atoms with Crippen LogP contribution in [0.4, 0.5) is 14.5 Å². The van der Waals surface area contributed by atoms with Crippen LogP contribution < -0.4 is 5.32 Å². The van der Waals surface area contributed by atoms with Gasteiger partial charge in [0.15, 0.2) is 6.10 Å². The number of thiophene rings is 1. The summed E-state index contributed by atoms with van der Waals surface area (Å²) in [5.41, 5.74) is 1.81. The van der Waals surface area contributed by atoms with Crippen molar-refractivity contribution >= 4 is 28.9 Å². The van der Waals surface area contributed by atoms with Crippen LogP contribution in [0, 0.1) is 25.5 Å². The maximum atomic E-state index is 13.7. The highest BCUT2D eigenvalue weighted by molar-refractivity contribution is 7.09. The summed E-state index contributed by atoms with van der Waals surface area (Å²) >= 11 is 1.63. The lowest BCUT2D eigenvalue weighted by Crippen LogP contribution is -2.30. The van der Waals surface area contributed by atoms with Gasteiger partial charge in [-0.3, -0.25) is 4.79 Å². The summed E-state index contributed by atoms with van der Waals surface area (Å²) in [6.07, 6.45) is -1.16. The van der Waals surface area contributed by atoms with Gasteiger partial charge in [0.25, 0.3) is 5.91 Å². The Labute approximate surface area is 170 Å². The number of nitrogens with zero attached hydrogens (tertiary/aromatic N) is 1. The number of anilines is 1. The highest BCUT2D eigenvalue weighted by Crippen LogP contribution is 2.21. The largest absolute Gasteiger partial charge is 0.449 e. The monoisotopic (exact) mass is 418 g/mol. The van der Waals surface area contributed by atoms with Crippen LogP contribution in [-0.4, -0.2) is 22.5 Å². The average molecular weight is 418 g/mol. The van der Waals surface area contributed by atoms with E-state index in [0.717, 1.165) is 28.4 Å². The van der Waals surface area contributed by atoms with Gasteiger partial charge in [-0.15, -0.1) is 11.3 Å². The number of halogens is 2. The van der Waals surface area contributed by atoms with Crippen LogP contribution in [0.15, 0.2) is 41.8 Å². The fourth-order valence-electron chi connectivity index (χ4n) is 2.91. The Hall–Kier alpha value is -3.00. The maximum Gasteiger partial charge on any atom is 0.340 e. The Kier molecular flexibility index (Phi) is 6.12. The number of nitrogens with one attached hydrogen (secondary N) is 1.